The zero-order valence-electron chi connectivity index (χ0n) is 15.3. The number of carbonyl (C=O) groups is 1. The molecule has 0 saturated carbocycles. The van der Waals surface area contributed by atoms with Gasteiger partial charge in [0, 0.05) is 38.8 Å². The molecule has 0 bridgehead atoms. The molecule has 0 spiro atoms. The number of nitrogens with zero attached hydrogens (tertiary/aromatic N) is 3. The van der Waals surface area contributed by atoms with Gasteiger partial charge < -0.3 is 19.4 Å². The maximum Gasteiger partial charge on any atom is 0.246 e. The SMILES string of the molecule is CC(C)=CC(=O)N1CCN(c2ccccc2OCCN(C)C)CC1. The molecule has 2 rings (SSSR count). The van der Waals surface area contributed by atoms with E-state index in [0.29, 0.717) is 6.61 Å². The first-order valence-corrected chi connectivity index (χ1v) is 8.52. The zero-order chi connectivity index (χ0) is 17.5. The van der Waals surface area contributed by atoms with Crippen LogP contribution in [0.2, 0.25) is 0 Å². The summed E-state index contributed by atoms with van der Waals surface area (Å²) in [4.78, 5) is 18.5. The van der Waals surface area contributed by atoms with Crippen LogP contribution in [0.4, 0.5) is 5.69 Å². The van der Waals surface area contributed by atoms with Gasteiger partial charge in [-0.15, -0.1) is 0 Å². The second-order valence-electron chi connectivity index (χ2n) is 6.65. The van der Waals surface area contributed by atoms with E-state index in [9.17, 15) is 4.79 Å². The topological polar surface area (TPSA) is 36.0 Å². The summed E-state index contributed by atoms with van der Waals surface area (Å²) in [6.07, 6.45) is 1.72. The van der Waals surface area contributed by atoms with Crippen LogP contribution in [0.1, 0.15) is 13.8 Å². The van der Waals surface area contributed by atoms with Crippen LogP contribution < -0.4 is 9.64 Å². The number of hydrogen-bond donors (Lipinski definition) is 0. The van der Waals surface area contributed by atoms with E-state index in [1.165, 1.54) is 0 Å². The highest BCUT2D eigenvalue weighted by molar-refractivity contribution is 5.88. The molecule has 5 nitrogen and oxygen atoms in total. The number of rotatable bonds is 6. The Kier molecular flexibility index (Phi) is 6.67. The van der Waals surface area contributed by atoms with Crippen LogP contribution in [0.25, 0.3) is 0 Å². The van der Waals surface area contributed by atoms with Gasteiger partial charge in [-0.05, 0) is 40.1 Å². The summed E-state index contributed by atoms with van der Waals surface area (Å²) in [5.74, 6) is 1.04. The van der Waals surface area contributed by atoms with Gasteiger partial charge >= 0.3 is 0 Å². The smallest absolute Gasteiger partial charge is 0.246 e. The quantitative estimate of drug-likeness (QED) is 0.749. The van der Waals surface area contributed by atoms with E-state index in [-0.39, 0.29) is 5.91 Å². The number of benzene rings is 1. The molecular weight excluding hydrogens is 302 g/mol. The maximum absolute atomic E-state index is 12.1. The molecule has 1 aliphatic rings. The zero-order valence-corrected chi connectivity index (χ0v) is 15.3. The van der Waals surface area contributed by atoms with Gasteiger partial charge in [0.05, 0.1) is 5.69 Å². The molecule has 0 atom stereocenters. The summed E-state index contributed by atoms with van der Waals surface area (Å²) >= 11 is 0. The minimum absolute atomic E-state index is 0.116. The Morgan fingerprint density at radius 1 is 1.17 bits per heavy atom. The largest absolute Gasteiger partial charge is 0.490 e. The average Bonchev–Trinajstić information content (AvgIpc) is 2.54. The van der Waals surface area contributed by atoms with Gasteiger partial charge in [0.25, 0.3) is 0 Å². The van der Waals surface area contributed by atoms with Crippen molar-refractivity contribution in [3.05, 3.63) is 35.9 Å². The highest BCUT2D eigenvalue weighted by atomic mass is 16.5. The molecule has 5 heteroatoms. The summed E-state index contributed by atoms with van der Waals surface area (Å²) in [5, 5.41) is 0. The normalized spacial score (nSPS) is 14.7. The lowest BCUT2D eigenvalue weighted by molar-refractivity contribution is -0.126. The second kappa shape index (κ2) is 8.73. The molecule has 1 saturated heterocycles. The fourth-order valence-corrected chi connectivity index (χ4v) is 2.68. The van der Waals surface area contributed by atoms with Crippen LogP contribution in [-0.2, 0) is 4.79 Å². The third-order valence-corrected chi connectivity index (χ3v) is 4.01. The molecule has 1 aliphatic heterocycles. The van der Waals surface area contributed by atoms with Crippen LogP contribution in [0, 0.1) is 0 Å². The van der Waals surface area contributed by atoms with Gasteiger partial charge in [-0.25, -0.2) is 0 Å². The lowest BCUT2D eigenvalue weighted by atomic mass is 10.2. The lowest BCUT2D eigenvalue weighted by Crippen LogP contribution is -2.48. The van der Waals surface area contributed by atoms with E-state index in [2.05, 4.69) is 15.9 Å². The van der Waals surface area contributed by atoms with E-state index in [1.54, 1.807) is 6.08 Å². The number of likely N-dealkylation sites (N-methyl/N-ethyl adjacent to an activating group) is 1. The Balaban J connectivity index is 1.96. The first-order valence-electron chi connectivity index (χ1n) is 8.52. The van der Waals surface area contributed by atoms with Crippen molar-refractivity contribution in [1.82, 2.24) is 9.80 Å². The number of anilines is 1. The van der Waals surface area contributed by atoms with E-state index >= 15 is 0 Å². The Morgan fingerprint density at radius 3 is 2.46 bits per heavy atom. The van der Waals surface area contributed by atoms with Crippen LogP contribution in [0.15, 0.2) is 35.9 Å². The monoisotopic (exact) mass is 331 g/mol. The van der Waals surface area contributed by atoms with Crippen molar-refractivity contribution < 1.29 is 9.53 Å². The summed E-state index contributed by atoms with van der Waals surface area (Å²) in [7, 11) is 4.08. The molecule has 1 amide bonds. The molecule has 0 aliphatic carbocycles. The predicted molar refractivity (Wildman–Crippen MR) is 98.7 cm³/mol. The van der Waals surface area contributed by atoms with Crippen LogP contribution >= 0.6 is 0 Å². The molecule has 0 unspecified atom stereocenters. The minimum Gasteiger partial charge on any atom is -0.490 e. The molecule has 24 heavy (non-hydrogen) atoms. The van der Waals surface area contributed by atoms with Crippen molar-refractivity contribution in [3.63, 3.8) is 0 Å². The minimum atomic E-state index is 0.116. The molecular formula is C19H29N3O2. The lowest BCUT2D eigenvalue weighted by Gasteiger charge is -2.36. The van der Waals surface area contributed by atoms with Gasteiger partial charge in [0.15, 0.2) is 0 Å². The second-order valence-corrected chi connectivity index (χ2v) is 6.65. The first-order chi connectivity index (χ1) is 11.5. The first kappa shape index (κ1) is 18.3. The number of ether oxygens (including phenoxy) is 1. The van der Waals surface area contributed by atoms with E-state index in [4.69, 9.17) is 4.74 Å². The van der Waals surface area contributed by atoms with Crippen LogP contribution in [-0.4, -0.2) is 69.1 Å². The van der Waals surface area contributed by atoms with Gasteiger partial charge in [-0.2, -0.15) is 0 Å². The number of amides is 1. The van der Waals surface area contributed by atoms with Crippen molar-refractivity contribution in [2.45, 2.75) is 13.8 Å². The molecule has 0 N–H and O–H groups in total. The summed E-state index contributed by atoms with van der Waals surface area (Å²) in [6, 6.07) is 8.15. The van der Waals surface area contributed by atoms with E-state index in [0.717, 1.165) is 49.7 Å². The van der Waals surface area contributed by atoms with Gasteiger partial charge in [0.1, 0.15) is 12.4 Å². The highest BCUT2D eigenvalue weighted by Crippen LogP contribution is 2.28. The standard InChI is InChI=1S/C19H29N3O2/c1-16(2)15-19(23)22-11-9-21(10-12-22)17-7-5-6-8-18(17)24-14-13-20(3)4/h5-8,15H,9-14H2,1-4H3. The molecule has 0 radical (unpaired) electrons. The average molecular weight is 331 g/mol. The molecule has 1 aromatic rings. The van der Waals surface area contributed by atoms with Crippen molar-refractivity contribution in [2.24, 2.45) is 0 Å². The molecule has 0 aromatic heterocycles. The van der Waals surface area contributed by atoms with Crippen molar-refractivity contribution in [3.8, 4) is 5.75 Å². The van der Waals surface area contributed by atoms with E-state index < -0.39 is 0 Å². The van der Waals surface area contributed by atoms with Crippen molar-refractivity contribution >= 4 is 11.6 Å². The summed E-state index contributed by atoms with van der Waals surface area (Å²) < 4.78 is 5.95. The number of hydrogen-bond acceptors (Lipinski definition) is 4. The fraction of sp³-hybridized carbons (Fsp3) is 0.526. The molecule has 1 fully saturated rings. The molecule has 1 aromatic carbocycles. The number of para-hydroxylation sites is 2. The summed E-state index contributed by atoms with van der Waals surface area (Å²) in [5.41, 5.74) is 2.16. The maximum atomic E-state index is 12.1. The number of allylic oxidation sites excluding steroid dienone is 1. The third kappa shape index (κ3) is 5.27. The van der Waals surface area contributed by atoms with Crippen LogP contribution in [0.5, 0.6) is 5.75 Å². The Labute approximate surface area is 145 Å². The number of piperazine rings is 1. The Morgan fingerprint density at radius 2 is 1.83 bits per heavy atom. The Bertz CT molecular complexity index is 572. The molecule has 132 valence electrons. The number of carbonyl (C=O) groups excluding carboxylic acids is 1. The van der Waals surface area contributed by atoms with Crippen molar-refractivity contribution in [1.29, 1.82) is 0 Å². The van der Waals surface area contributed by atoms with Gasteiger partial charge in [-0.1, -0.05) is 17.7 Å². The van der Waals surface area contributed by atoms with Crippen molar-refractivity contribution in [2.75, 3.05) is 58.3 Å². The fourth-order valence-electron chi connectivity index (χ4n) is 2.68. The third-order valence-electron chi connectivity index (χ3n) is 4.01. The van der Waals surface area contributed by atoms with Gasteiger partial charge in [0.2, 0.25) is 5.91 Å². The highest BCUT2D eigenvalue weighted by Gasteiger charge is 2.21. The molecule has 1 heterocycles. The van der Waals surface area contributed by atoms with E-state index in [1.807, 2.05) is 51.0 Å². The van der Waals surface area contributed by atoms with Crippen LogP contribution in [0.3, 0.4) is 0 Å². The predicted octanol–water partition coefficient (Wildman–Crippen LogP) is 2.24. The van der Waals surface area contributed by atoms with Gasteiger partial charge in [-0.3, -0.25) is 4.79 Å². The Hall–Kier alpha value is -2.01. The summed E-state index contributed by atoms with van der Waals surface area (Å²) in [6.45, 7) is 8.61.